The number of aliphatic carboxylic acids is 1. The van der Waals surface area contributed by atoms with Gasteiger partial charge in [0.05, 0.1) is 4.47 Å². The average Bonchev–Trinajstić information content (AvgIpc) is 3.15. The minimum absolute atomic E-state index is 0.136. The van der Waals surface area contributed by atoms with Crippen molar-refractivity contribution in [1.29, 1.82) is 0 Å². The second-order valence-corrected chi connectivity index (χ2v) is 8.06. The smallest absolute Gasteiger partial charge is 0.342 e. The van der Waals surface area contributed by atoms with Gasteiger partial charge in [-0.2, -0.15) is 0 Å². The largest absolute Gasteiger partial charge is 0.488 e. The number of hydrogen-bond donors (Lipinski definition) is 2. The predicted molar refractivity (Wildman–Crippen MR) is 117 cm³/mol. The van der Waals surface area contributed by atoms with Crippen LogP contribution in [0.5, 0.6) is 5.75 Å². The van der Waals surface area contributed by atoms with Gasteiger partial charge in [0, 0.05) is 6.42 Å². The second-order valence-electron chi connectivity index (χ2n) is 6.19. The molecule has 0 saturated heterocycles. The van der Waals surface area contributed by atoms with Crippen molar-refractivity contribution in [3.63, 3.8) is 0 Å². The number of H-pyrrole nitrogens is 1. The Morgan fingerprint density at radius 3 is 2.76 bits per heavy atom. The van der Waals surface area contributed by atoms with Gasteiger partial charge >= 0.3 is 5.97 Å². The summed E-state index contributed by atoms with van der Waals surface area (Å²) in [6, 6.07) is 15.3. The topological polar surface area (TPSA) is 88.1 Å². The molecule has 8 heteroatoms. The van der Waals surface area contributed by atoms with Gasteiger partial charge in [-0.15, -0.1) is 5.10 Å². The summed E-state index contributed by atoms with van der Waals surface area (Å²) < 4.78 is 6.59. The fraction of sp³-hybridized carbons (Fsp3) is 0.190. The van der Waals surface area contributed by atoms with Crippen LogP contribution in [0.15, 0.2) is 63.1 Å². The lowest BCUT2D eigenvalue weighted by atomic mass is 10.2. The molecule has 0 bridgehead atoms. The minimum Gasteiger partial charge on any atom is -0.488 e. The van der Waals surface area contributed by atoms with E-state index in [1.807, 2.05) is 55.5 Å². The summed E-state index contributed by atoms with van der Waals surface area (Å²) >= 11 is 4.51. The summed E-state index contributed by atoms with van der Waals surface area (Å²) in [7, 11) is 0. The number of hydrogen-bond acceptors (Lipinski definition) is 5. The Labute approximate surface area is 181 Å². The van der Waals surface area contributed by atoms with Crippen LogP contribution in [0.1, 0.15) is 30.3 Å². The van der Waals surface area contributed by atoms with E-state index in [1.165, 1.54) is 0 Å². The highest BCUT2D eigenvalue weighted by Crippen LogP contribution is 2.30. The Balaban J connectivity index is 1.72. The molecular weight excluding hydrogens is 454 g/mol. The van der Waals surface area contributed by atoms with Crippen molar-refractivity contribution in [1.82, 2.24) is 15.2 Å². The molecule has 0 aliphatic rings. The van der Waals surface area contributed by atoms with Crippen LogP contribution in [0.3, 0.4) is 0 Å². The van der Waals surface area contributed by atoms with Crippen LogP contribution < -0.4 is 4.74 Å². The molecule has 0 atom stereocenters. The minimum atomic E-state index is -1.03. The number of aryl methyl sites for hydroxylation is 1. The first kappa shape index (κ1) is 21.1. The fourth-order valence-electron chi connectivity index (χ4n) is 2.52. The maximum absolute atomic E-state index is 11.7. The van der Waals surface area contributed by atoms with Crippen LogP contribution in [0.2, 0.25) is 0 Å². The van der Waals surface area contributed by atoms with Gasteiger partial charge in [0.15, 0.2) is 0 Å². The number of carboxylic acids is 1. The van der Waals surface area contributed by atoms with Crippen LogP contribution in [0.4, 0.5) is 0 Å². The first-order chi connectivity index (χ1) is 14.0. The van der Waals surface area contributed by atoms with Crippen molar-refractivity contribution >= 4 is 39.7 Å². The molecule has 0 saturated carbocycles. The molecule has 0 unspecified atom stereocenters. The van der Waals surface area contributed by atoms with Crippen LogP contribution >= 0.6 is 27.7 Å². The van der Waals surface area contributed by atoms with Gasteiger partial charge in [0.1, 0.15) is 23.1 Å². The molecule has 29 heavy (non-hydrogen) atoms. The van der Waals surface area contributed by atoms with Crippen LogP contribution in [0, 0.1) is 0 Å². The summed E-state index contributed by atoms with van der Waals surface area (Å²) in [5.74, 6) is 0.411. The van der Waals surface area contributed by atoms with Gasteiger partial charge < -0.3 is 9.84 Å². The summed E-state index contributed by atoms with van der Waals surface area (Å²) in [6.07, 6.45) is 3.30. The standard InChI is InChI=1S/C21H20BrN3O3S/c1-2-6-19-23-21(25-24-19)29-18(20(26)27)12-15-9-10-17(16(22)11-15)28-13-14-7-4-3-5-8-14/h3-5,7-12H,2,6,13H2,1H3,(H,26,27)(H,23,24,25)/b18-12-. The Bertz CT molecular complexity index is 1010. The number of benzene rings is 2. The molecule has 2 N–H and O–H groups in total. The zero-order chi connectivity index (χ0) is 20.6. The number of thioether (sulfide) groups is 1. The first-order valence-corrected chi connectivity index (χ1v) is 10.7. The highest BCUT2D eigenvalue weighted by atomic mass is 79.9. The van der Waals surface area contributed by atoms with Crippen LogP contribution in [-0.4, -0.2) is 26.3 Å². The zero-order valence-corrected chi connectivity index (χ0v) is 18.2. The molecule has 3 aromatic rings. The van der Waals surface area contributed by atoms with E-state index < -0.39 is 5.97 Å². The third-order valence-electron chi connectivity index (χ3n) is 3.90. The van der Waals surface area contributed by atoms with E-state index in [0.29, 0.717) is 17.5 Å². The third kappa shape index (κ3) is 6.20. The maximum Gasteiger partial charge on any atom is 0.342 e. The number of ether oxygens (including phenoxy) is 1. The van der Waals surface area contributed by atoms with Crippen molar-refractivity contribution in [2.24, 2.45) is 0 Å². The Kier molecular flexibility index (Phi) is 7.48. The number of carboxylic acid groups (broad SMARTS) is 1. The third-order valence-corrected chi connectivity index (χ3v) is 5.40. The summed E-state index contributed by atoms with van der Waals surface area (Å²) in [5.41, 5.74) is 1.81. The lowest BCUT2D eigenvalue weighted by molar-refractivity contribution is -0.131. The molecule has 0 aliphatic carbocycles. The van der Waals surface area contributed by atoms with E-state index in [2.05, 4.69) is 31.1 Å². The molecule has 0 aliphatic heterocycles. The number of carbonyl (C=O) groups is 1. The molecular formula is C21H20BrN3O3S. The van der Waals surface area contributed by atoms with E-state index in [4.69, 9.17) is 4.74 Å². The molecule has 0 spiro atoms. The molecule has 1 heterocycles. The second kappa shape index (κ2) is 10.3. The quantitative estimate of drug-likeness (QED) is 0.323. The zero-order valence-electron chi connectivity index (χ0n) is 15.8. The van der Waals surface area contributed by atoms with Crippen molar-refractivity contribution in [3.8, 4) is 5.75 Å². The first-order valence-electron chi connectivity index (χ1n) is 9.05. The summed E-state index contributed by atoms with van der Waals surface area (Å²) in [4.78, 5) is 16.1. The maximum atomic E-state index is 11.7. The van der Waals surface area contributed by atoms with Gasteiger partial charge in [0.25, 0.3) is 0 Å². The molecule has 2 aromatic carbocycles. The van der Waals surface area contributed by atoms with Crippen LogP contribution in [-0.2, 0) is 17.8 Å². The number of nitrogens with one attached hydrogen (secondary N) is 1. The van der Waals surface area contributed by atoms with E-state index >= 15 is 0 Å². The van der Waals surface area contributed by atoms with Crippen molar-refractivity contribution in [3.05, 3.63) is 74.9 Å². The number of aromatic amines is 1. The van der Waals surface area contributed by atoms with Gasteiger partial charge in [-0.3, -0.25) is 5.10 Å². The van der Waals surface area contributed by atoms with E-state index in [0.717, 1.165) is 46.0 Å². The molecule has 0 amide bonds. The Morgan fingerprint density at radius 1 is 1.28 bits per heavy atom. The molecule has 0 radical (unpaired) electrons. The highest BCUT2D eigenvalue weighted by molar-refractivity contribution is 9.10. The Morgan fingerprint density at radius 2 is 2.07 bits per heavy atom. The van der Waals surface area contributed by atoms with Gasteiger partial charge in [-0.05, 0) is 63.4 Å². The summed E-state index contributed by atoms with van der Waals surface area (Å²) in [6.45, 7) is 2.50. The van der Waals surface area contributed by atoms with Gasteiger partial charge in [-0.25, -0.2) is 9.78 Å². The van der Waals surface area contributed by atoms with Crippen LogP contribution in [0.25, 0.3) is 6.08 Å². The monoisotopic (exact) mass is 473 g/mol. The predicted octanol–water partition coefficient (Wildman–Crippen LogP) is 5.32. The lowest BCUT2D eigenvalue weighted by Crippen LogP contribution is -1.98. The van der Waals surface area contributed by atoms with E-state index in [1.54, 1.807) is 6.08 Å². The fourth-order valence-corrected chi connectivity index (χ4v) is 3.75. The molecule has 3 rings (SSSR count). The molecule has 150 valence electrons. The normalized spacial score (nSPS) is 11.4. The van der Waals surface area contributed by atoms with Crippen molar-refractivity contribution < 1.29 is 14.6 Å². The number of halogens is 1. The molecule has 1 aromatic heterocycles. The van der Waals surface area contributed by atoms with E-state index in [9.17, 15) is 9.90 Å². The Hall–Kier alpha value is -2.58. The van der Waals surface area contributed by atoms with Gasteiger partial charge in [0.2, 0.25) is 5.16 Å². The number of rotatable bonds is 9. The lowest BCUT2D eigenvalue weighted by Gasteiger charge is -2.09. The van der Waals surface area contributed by atoms with Crippen molar-refractivity contribution in [2.75, 3.05) is 0 Å². The number of aromatic nitrogens is 3. The van der Waals surface area contributed by atoms with Crippen molar-refractivity contribution in [2.45, 2.75) is 31.5 Å². The summed E-state index contributed by atoms with van der Waals surface area (Å²) in [5, 5.41) is 16.9. The SMILES string of the molecule is CCCc1nc(S/C(=C\c2ccc(OCc3ccccc3)c(Br)c2)C(=O)O)n[nH]1. The van der Waals surface area contributed by atoms with E-state index in [-0.39, 0.29) is 4.91 Å². The average molecular weight is 474 g/mol. The molecule has 0 fully saturated rings. The number of nitrogens with zero attached hydrogens (tertiary/aromatic N) is 2. The molecule has 6 nitrogen and oxygen atoms in total. The highest BCUT2D eigenvalue weighted by Gasteiger charge is 2.14. The van der Waals surface area contributed by atoms with Gasteiger partial charge in [-0.1, -0.05) is 43.3 Å².